The van der Waals surface area contributed by atoms with Gasteiger partial charge in [0.1, 0.15) is 0 Å². The van der Waals surface area contributed by atoms with E-state index in [1.54, 1.807) is 0 Å². The zero-order chi connectivity index (χ0) is 49.3. The first-order valence-corrected chi connectivity index (χ1v) is 19.4. The maximum absolute atomic E-state index is 16.0. The molecule has 5 heterocycles. The quantitative estimate of drug-likeness (QED) is 0.0799. The van der Waals surface area contributed by atoms with Gasteiger partial charge >= 0.3 is 0 Å². The lowest BCUT2D eigenvalue weighted by molar-refractivity contribution is 0.381. The Bertz CT molecular complexity index is 3120. The fraction of sp³-hybridized carbons (Fsp3) is 0. The number of hydrogen-bond donors (Lipinski definition) is 2. The largest absolute Gasteiger partial charge is 0.354 e. The van der Waals surface area contributed by atoms with Gasteiger partial charge in [-0.1, -0.05) is 0 Å². The van der Waals surface area contributed by atoms with Crippen LogP contribution in [0.2, 0.25) is 0 Å². The van der Waals surface area contributed by atoms with E-state index in [1.807, 2.05) is 0 Å². The van der Waals surface area contributed by atoms with Gasteiger partial charge in [0.2, 0.25) is 17.5 Å². The van der Waals surface area contributed by atoms with Crippen molar-refractivity contribution < 1.29 is 83.4 Å². The average Bonchev–Trinajstić information content (AvgIpc) is 4.18. The zero-order valence-corrected chi connectivity index (χ0v) is 34.2. The van der Waals surface area contributed by atoms with E-state index in [4.69, 9.17) is 0 Å². The summed E-state index contributed by atoms with van der Waals surface area (Å²) in [6.07, 6.45) is 2.79. The number of aromatic nitrogens is 4. The summed E-state index contributed by atoms with van der Waals surface area (Å²) < 4.78 is 288. The highest BCUT2D eigenvalue weighted by molar-refractivity contribution is 14.1. The molecule has 0 spiro atoms. The van der Waals surface area contributed by atoms with E-state index in [0.29, 0.717) is 24.3 Å². The molecule has 4 nitrogen and oxygen atoms in total. The number of nitrogens with zero attached hydrogens (tertiary/aromatic N) is 2. The summed E-state index contributed by atoms with van der Waals surface area (Å²) in [7, 11) is 0. The predicted octanol–water partition coefficient (Wildman–Crippen LogP) is 14.6. The van der Waals surface area contributed by atoms with Crippen molar-refractivity contribution in [3.8, 4) is 44.5 Å². The number of rotatable bonds is 4. The van der Waals surface area contributed by atoms with E-state index in [2.05, 4.69) is 19.9 Å². The molecule has 2 aliphatic rings. The summed E-state index contributed by atoms with van der Waals surface area (Å²) >= 11 is 1.01. The van der Waals surface area contributed by atoms with Crippen LogP contribution in [0.15, 0.2) is 24.3 Å². The van der Waals surface area contributed by atoms with Gasteiger partial charge in [-0.2, -0.15) is 0 Å². The van der Waals surface area contributed by atoms with Crippen molar-refractivity contribution in [1.82, 2.24) is 19.9 Å². The molecule has 7 aromatic rings. The highest BCUT2D eigenvalue weighted by atomic mass is 127. The lowest BCUT2D eigenvalue weighted by Crippen LogP contribution is -2.06. The Morgan fingerprint density at radius 2 is 0.441 bits per heavy atom. The number of benzene rings is 4. The van der Waals surface area contributed by atoms with Gasteiger partial charge < -0.3 is 9.97 Å². The van der Waals surface area contributed by atoms with Gasteiger partial charge in [0.15, 0.2) is 93.1 Å². The highest BCUT2D eigenvalue weighted by Crippen LogP contribution is 2.45. The minimum Gasteiger partial charge on any atom is -0.354 e. The molecule has 8 bridgehead atoms. The Hall–Kier alpha value is -7.12. The van der Waals surface area contributed by atoms with Crippen LogP contribution in [-0.4, -0.2) is 19.9 Å². The van der Waals surface area contributed by atoms with E-state index in [-0.39, 0.29) is 0 Å². The maximum atomic E-state index is 16.0. The van der Waals surface area contributed by atoms with Crippen molar-refractivity contribution in [2.45, 2.75) is 0 Å². The molecule has 0 fully saturated rings. The smallest absolute Gasteiger partial charge is 0.200 e. The van der Waals surface area contributed by atoms with E-state index in [0.717, 1.165) is 46.9 Å². The number of halogens is 20. The van der Waals surface area contributed by atoms with Crippen molar-refractivity contribution in [2.24, 2.45) is 0 Å². The van der Waals surface area contributed by atoms with E-state index < -0.39 is 203 Å². The van der Waals surface area contributed by atoms with Crippen LogP contribution in [0.5, 0.6) is 0 Å². The SMILES string of the molecule is Fc1c(F)c(F)c(-c2c3nc(c(-c4c(F)c(F)c(F)c(F)c4F)c4ccc([nH]4)c(-c4c(F)c(F)c(F)c(F)c4I)c4nc(c(-c5c(F)c(F)c(F)c(F)c5F)c5ccc2[nH]5)C=C4)C=C3)c(F)c1F. The molecule has 0 amide bonds. The Morgan fingerprint density at radius 1 is 0.250 bits per heavy atom. The number of hydrogen-bond acceptors (Lipinski definition) is 2. The first-order valence-electron chi connectivity index (χ1n) is 18.3. The molecule has 0 atom stereocenters. The summed E-state index contributed by atoms with van der Waals surface area (Å²) in [5.41, 5.74) is -18.1. The van der Waals surface area contributed by atoms with Crippen molar-refractivity contribution in [1.29, 1.82) is 0 Å². The summed E-state index contributed by atoms with van der Waals surface area (Å²) in [5, 5.41) is 0. The van der Waals surface area contributed by atoms with Crippen LogP contribution < -0.4 is 0 Å². The molecule has 346 valence electrons. The number of H-pyrrole nitrogens is 2. The molecule has 2 N–H and O–H groups in total. The third kappa shape index (κ3) is 6.60. The zero-order valence-electron chi connectivity index (χ0n) is 32.1. The van der Waals surface area contributed by atoms with Gasteiger partial charge in [0.25, 0.3) is 0 Å². The van der Waals surface area contributed by atoms with Crippen molar-refractivity contribution >= 4 is 69.0 Å². The fourth-order valence-electron chi connectivity index (χ4n) is 7.56. The first kappa shape index (κ1) is 46.0. The van der Waals surface area contributed by atoms with Crippen LogP contribution >= 0.6 is 22.6 Å². The molecule has 0 saturated carbocycles. The van der Waals surface area contributed by atoms with Gasteiger partial charge in [-0.25, -0.2) is 93.4 Å². The summed E-state index contributed by atoms with van der Waals surface area (Å²) in [5.74, 6) is -47.8. The lowest BCUT2D eigenvalue weighted by atomic mass is 10.0. The second-order valence-corrected chi connectivity index (χ2v) is 15.4. The molecule has 9 rings (SSSR count). The molecule has 4 aromatic carbocycles. The standard InChI is InChI=1S/C44H10F19IN4/c45-25-21(26(46)33(53)39(59)32(25)52)17-9-1-3-11(65-9)18(22-27(47)34(54)40(60)35(55)28(22)48)13-5-7-15(67-13)20(24-31(51)38(58)42(62)43(63)44(24)64)16-8-6-14(68-16)19(12-4-2-10(17)66-12)23-29(49)36(56)41(61)37(57)30(23)50/h1-8,65,68H. The average molecular weight is 1080 g/mol. The Kier molecular flexibility index (Phi) is 11.0. The van der Waals surface area contributed by atoms with Crippen LogP contribution in [0.4, 0.5) is 83.4 Å². The predicted molar refractivity (Wildman–Crippen MR) is 213 cm³/mol. The second-order valence-electron chi connectivity index (χ2n) is 14.3. The van der Waals surface area contributed by atoms with E-state index in [9.17, 15) is 43.9 Å². The molecule has 2 aliphatic heterocycles. The topological polar surface area (TPSA) is 57.4 Å². The van der Waals surface area contributed by atoms with Gasteiger partial charge in [0, 0.05) is 49.9 Å². The molecule has 24 heteroatoms. The monoisotopic (exact) mass is 1080 g/mol. The molecule has 3 aromatic heterocycles. The maximum Gasteiger partial charge on any atom is 0.200 e. The molecule has 0 radical (unpaired) electrons. The third-order valence-electron chi connectivity index (χ3n) is 10.6. The lowest BCUT2D eigenvalue weighted by Gasteiger charge is -2.12. The van der Waals surface area contributed by atoms with Gasteiger partial charge in [-0.05, 0) is 71.2 Å². The van der Waals surface area contributed by atoms with Gasteiger partial charge in [-0.3, -0.25) is 0 Å². The Labute approximate surface area is 376 Å². The van der Waals surface area contributed by atoms with Crippen molar-refractivity contribution in [3.63, 3.8) is 0 Å². The third-order valence-corrected chi connectivity index (χ3v) is 11.6. The molecule has 0 aliphatic carbocycles. The number of aromatic amines is 2. The highest BCUT2D eigenvalue weighted by Gasteiger charge is 2.35. The molecular formula is C44H10F19IN4. The van der Waals surface area contributed by atoms with Crippen LogP contribution in [-0.2, 0) is 0 Å². The van der Waals surface area contributed by atoms with E-state index >= 15 is 39.5 Å². The van der Waals surface area contributed by atoms with Crippen molar-refractivity contribution in [2.75, 3.05) is 0 Å². The van der Waals surface area contributed by atoms with Crippen LogP contribution in [0.3, 0.4) is 0 Å². The Balaban J connectivity index is 1.60. The van der Waals surface area contributed by atoms with Crippen LogP contribution in [0.1, 0.15) is 22.8 Å². The fourth-order valence-corrected chi connectivity index (χ4v) is 8.30. The molecule has 68 heavy (non-hydrogen) atoms. The minimum absolute atomic E-state index is 0.649. The van der Waals surface area contributed by atoms with E-state index in [1.165, 1.54) is 0 Å². The minimum atomic E-state index is -2.69. The Morgan fingerprint density at radius 3 is 0.691 bits per heavy atom. The normalized spacial score (nSPS) is 12.3. The summed E-state index contributed by atoms with van der Waals surface area (Å²) in [6, 6.07) is 2.90. The molecular weight excluding hydrogens is 1070 g/mol. The van der Waals surface area contributed by atoms with Crippen LogP contribution in [0, 0.1) is 114 Å². The number of nitrogens with one attached hydrogen (secondary N) is 2. The summed E-state index contributed by atoms with van der Waals surface area (Å²) in [6.45, 7) is 0. The second kappa shape index (κ2) is 16.3. The van der Waals surface area contributed by atoms with Gasteiger partial charge in [0.05, 0.1) is 43.0 Å². The molecule has 0 unspecified atom stereocenters. The summed E-state index contributed by atoms with van der Waals surface area (Å²) in [4.78, 5) is 12.8. The van der Waals surface area contributed by atoms with Gasteiger partial charge in [-0.15, -0.1) is 0 Å². The van der Waals surface area contributed by atoms with Crippen LogP contribution in [0.25, 0.3) is 90.9 Å². The first-order chi connectivity index (χ1) is 32.1. The van der Waals surface area contributed by atoms with Crippen molar-refractivity contribution in [3.05, 3.63) is 161 Å². The number of fused-ring (bicyclic) bond motifs is 8. The molecule has 0 saturated heterocycles.